The first kappa shape index (κ1) is 15.6. The molecule has 0 aromatic heterocycles. The molecule has 1 aromatic rings. The third kappa shape index (κ3) is 4.96. The van der Waals surface area contributed by atoms with E-state index in [1.807, 2.05) is 11.8 Å². The molecule has 0 heterocycles. The number of halogens is 1. The van der Waals surface area contributed by atoms with Gasteiger partial charge in [-0.1, -0.05) is 25.1 Å². The maximum atomic E-state index is 13.5. The van der Waals surface area contributed by atoms with Gasteiger partial charge in [-0.25, -0.2) is 4.39 Å². The first-order valence-corrected chi connectivity index (χ1v) is 6.30. The molecule has 1 aromatic carbocycles. The van der Waals surface area contributed by atoms with E-state index in [2.05, 4.69) is 4.74 Å². The van der Waals surface area contributed by atoms with Crippen LogP contribution in [0.25, 0.3) is 0 Å². The van der Waals surface area contributed by atoms with Crippen molar-refractivity contribution < 1.29 is 19.0 Å². The summed E-state index contributed by atoms with van der Waals surface area (Å²) in [5, 5.41) is 10.0. The summed E-state index contributed by atoms with van der Waals surface area (Å²) in [4.78, 5) is 13.0. The minimum atomic E-state index is -0.904. The molecule has 19 heavy (non-hydrogen) atoms. The van der Waals surface area contributed by atoms with Crippen LogP contribution in [-0.4, -0.2) is 42.7 Å². The molecule has 5 heteroatoms. The monoisotopic (exact) mass is 269 g/mol. The first-order valence-electron chi connectivity index (χ1n) is 6.30. The molecular weight excluding hydrogens is 249 g/mol. The van der Waals surface area contributed by atoms with E-state index in [0.717, 1.165) is 0 Å². The molecule has 0 spiro atoms. The van der Waals surface area contributed by atoms with Crippen LogP contribution in [0.3, 0.4) is 0 Å². The average Bonchev–Trinajstić information content (AvgIpc) is 2.43. The minimum Gasteiger partial charge on any atom is -0.469 e. The second kappa shape index (κ2) is 7.86. The number of esters is 1. The molecule has 0 fully saturated rings. The van der Waals surface area contributed by atoms with Crippen LogP contribution in [0.4, 0.5) is 4.39 Å². The summed E-state index contributed by atoms with van der Waals surface area (Å²) in [6.45, 7) is 3.36. The molecule has 0 amide bonds. The molecule has 0 saturated heterocycles. The second-order valence-electron chi connectivity index (χ2n) is 4.26. The average molecular weight is 269 g/mol. The molecular formula is C14H20FNO3. The number of rotatable bonds is 7. The van der Waals surface area contributed by atoms with E-state index >= 15 is 0 Å². The number of aliphatic hydroxyl groups excluding tert-OH is 1. The minimum absolute atomic E-state index is 0.258. The third-order valence-corrected chi connectivity index (χ3v) is 3.00. The predicted molar refractivity (Wildman–Crippen MR) is 70.1 cm³/mol. The van der Waals surface area contributed by atoms with Crippen molar-refractivity contribution >= 4 is 5.97 Å². The Hall–Kier alpha value is -1.46. The fraction of sp³-hybridized carbons (Fsp3) is 0.500. The van der Waals surface area contributed by atoms with Gasteiger partial charge in [0.1, 0.15) is 5.82 Å². The number of benzene rings is 1. The zero-order valence-electron chi connectivity index (χ0n) is 11.3. The van der Waals surface area contributed by atoms with Crippen molar-refractivity contribution in [1.82, 2.24) is 4.90 Å². The smallest absolute Gasteiger partial charge is 0.306 e. The molecule has 1 unspecified atom stereocenters. The highest BCUT2D eigenvalue weighted by Crippen LogP contribution is 2.17. The van der Waals surface area contributed by atoms with Gasteiger partial charge in [0.25, 0.3) is 0 Å². The zero-order valence-corrected chi connectivity index (χ0v) is 11.3. The Morgan fingerprint density at radius 3 is 2.74 bits per heavy atom. The van der Waals surface area contributed by atoms with E-state index in [0.29, 0.717) is 13.1 Å². The summed E-state index contributed by atoms with van der Waals surface area (Å²) in [6.07, 6.45) is -0.646. The van der Waals surface area contributed by atoms with E-state index in [9.17, 15) is 14.3 Å². The maximum Gasteiger partial charge on any atom is 0.306 e. The van der Waals surface area contributed by atoms with Crippen molar-refractivity contribution in [2.45, 2.75) is 19.4 Å². The SMILES string of the molecule is CCN(CCC(=O)OC)CC(O)c1ccccc1F. The first-order chi connectivity index (χ1) is 9.08. The molecule has 0 radical (unpaired) electrons. The van der Waals surface area contributed by atoms with Crippen LogP contribution in [0.15, 0.2) is 24.3 Å². The number of carbonyl (C=O) groups excluding carboxylic acids is 1. The predicted octanol–water partition coefficient (Wildman–Crippen LogP) is 1.74. The summed E-state index contributed by atoms with van der Waals surface area (Å²) in [6, 6.07) is 6.16. The fourth-order valence-electron chi connectivity index (χ4n) is 1.82. The fourth-order valence-corrected chi connectivity index (χ4v) is 1.82. The van der Waals surface area contributed by atoms with Gasteiger partial charge < -0.3 is 14.7 Å². The summed E-state index contributed by atoms with van der Waals surface area (Å²) in [7, 11) is 1.34. The number of likely N-dealkylation sites (N-methyl/N-ethyl adjacent to an activating group) is 1. The van der Waals surface area contributed by atoms with Gasteiger partial charge in [-0.3, -0.25) is 4.79 Å². The highest BCUT2D eigenvalue weighted by atomic mass is 19.1. The zero-order chi connectivity index (χ0) is 14.3. The van der Waals surface area contributed by atoms with E-state index in [-0.39, 0.29) is 24.5 Å². The lowest BCUT2D eigenvalue weighted by Crippen LogP contribution is -2.31. The Morgan fingerprint density at radius 2 is 2.16 bits per heavy atom. The molecule has 0 aliphatic heterocycles. The quantitative estimate of drug-likeness (QED) is 0.766. The standard InChI is InChI=1S/C14H20FNO3/c1-3-16(9-8-14(18)19-2)10-13(17)11-6-4-5-7-12(11)15/h4-7,13,17H,3,8-10H2,1-2H3. The Labute approximate surface area is 112 Å². The molecule has 1 atom stereocenters. The molecule has 0 aliphatic carbocycles. The summed E-state index contributed by atoms with van der Waals surface area (Å²) in [5.41, 5.74) is 0.277. The molecule has 1 N–H and O–H groups in total. The molecule has 1 rings (SSSR count). The third-order valence-electron chi connectivity index (χ3n) is 3.00. The van der Waals surface area contributed by atoms with E-state index in [1.165, 1.54) is 13.2 Å². The van der Waals surface area contributed by atoms with Crippen LogP contribution >= 0.6 is 0 Å². The van der Waals surface area contributed by atoms with Gasteiger partial charge in [0, 0.05) is 18.7 Å². The van der Waals surface area contributed by atoms with E-state index in [4.69, 9.17) is 0 Å². The van der Waals surface area contributed by atoms with Gasteiger partial charge in [-0.2, -0.15) is 0 Å². The lowest BCUT2D eigenvalue weighted by Gasteiger charge is -2.23. The molecule has 0 aliphatic rings. The number of hydrogen-bond donors (Lipinski definition) is 1. The van der Waals surface area contributed by atoms with Gasteiger partial charge in [0.05, 0.1) is 19.6 Å². The Balaban J connectivity index is 2.56. The number of methoxy groups -OCH3 is 1. The van der Waals surface area contributed by atoms with Crippen molar-refractivity contribution in [3.63, 3.8) is 0 Å². The lowest BCUT2D eigenvalue weighted by molar-refractivity contribution is -0.141. The molecule has 106 valence electrons. The molecule has 0 bridgehead atoms. The van der Waals surface area contributed by atoms with Crippen LogP contribution < -0.4 is 0 Å². The largest absolute Gasteiger partial charge is 0.469 e. The maximum absolute atomic E-state index is 13.5. The topological polar surface area (TPSA) is 49.8 Å². The van der Waals surface area contributed by atoms with Crippen LogP contribution in [-0.2, 0) is 9.53 Å². The summed E-state index contributed by atoms with van der Waals surface area (Å²) in [5.74, 6) is -0.710. The van der Waals surface area contributed by atoms with Crippen LogP contribution in [0, 0.1) is 5.82 Å². The number of aliphatic hydroxyl groups is 1. The second-order valence-corrected chi connectivity index (χ2v) is 4.26. The van der Waals surface area contributed by atoms with Gasteiger partial charge in [-0.05, 0) is 12.6 Å². The lowest BCUT2D eigenvalue weighted by atomic mass is 10.1. The summed E-state index contributed by atoms with van der Waals surface area (Å²) < 4.78 is 18.1. The highest BCUT2D eigenvalue weighted by Gasteiger charge is 2.16. The molecule has 0 saturated carbocycles. The Morgan fingerprint density at radius 1 is 1.47 bits per heavy atom. The highest BCUT2D eigenvalue weighted by molar-refractivity contribution is 5.69. The number of hydrogen-bond acceptors (Lipinski definition) is 4. The van der Waals surface area contributed by atoms with Crippen LogP contribution in [0.5, 0.6) is 0 Å². The molecule has 4 nitrogen and oxygen atoms in total. The Kier molecular flexibility index (Phi) is 6.45. The van der Waals surface area contributed by atoms with Crippen molar-refractivity contribution in [3.8, 4) is 0 Å². The van der Waals surface area contributed by atoms with Gasteiger partial charge in [0.15, 0.2) is 0 Å². The van der Waals surface area contributed by atoms with Crippen LogP contribution in [0.1, 0.15) is 25.0 Å². The van der Waals surface area contributed by atoms with Gasteiger partial charge in [0.2, 0.25) is 0 Å². The van der Waals surface area contributed by atoms with Crippen molar-refractivity contribution in [3.05, 3.63) is 35.6 Å². The van der Waals surface area contributed by atoms with Crippen molar-refractivity contribution in [2.75, 3.05) is 26.7 Å². The summed E-state index contributed by atoms with van der Waals surface area (Å²) >= 11 is 0. The Bertz CT molecular complexity index is 411. The van der Waals surface area contributed by atoms with Crippen LogP contribution in [0.2, 0.25) is 0 Å². The normalized spacial score (nSPS) is 12.5. The van der Waals surface area contributed by atoms with Gasteiger partial charge in [-0.15, -0.1) is 0 Å². The van der Waals surface area contributed by atoms with Crippen molar-refractivity contribution in [2.24, 2.45) is 0 Å². The number of carbonyl (C=O) groups is 1. The van der Waals surface area contributed by atoms with E-state index < -0.39 is 11.9 Å². The number of ether oxygens (including phenoxy) is 1. The van der Waals surface area contributed by atoms with E-state index in [1.54, 1.807) is 18.2 Å². The van der Waals surface area contributed by atoms with Crippen molar-refractivity contribution in [1.29, 1.82) is 0 Å². The van der Waals surface area contributed by atoms with Gasteiger partial charge >= 0.3 is 5.97 Å². The number of nitrogens with zero attached hydrogens (tertiary/aromatic N) is 1.